The third-order valence-electron chi connectivity index (χ3n) is 26.1. The Morgan fingerprint density at radius 2 is 0.534 bits per heavy atom. The molecule has 0 spiro atoms. The first kappa shape index (κ1) is 78.1. The Labute approximate surface area is 754 Å². The molecule has 0 N–H and O–H groups in total. The molecule has 22 heteroatoms. The predicted molar refractivity (Wildman–Crippen MR) is 511 cm³/mol. The van der Waals surface area contributed by atoms with Gasteiger partial charge in [-0.3, -0.25) is 47.5 Å². The lowest BCUT2D eigenvalue weighted by Crippen LogP contribution is -2.44. The largest absolute Gasteiger partial charge is 0.421 e. The average Bonchev–Trinajstić information content (AvgIpc) is 1.22. The van der Waals surface area contributed by atoms with Gasteiger partial charge < -0.3 is 18.6 Å². The standard InChI is InChI=1S/C111H66N10O12/c1-5-95(122)132-93-51-41-63(53-91(93)120-107(128)79-47-43-75-97-76(44-48-80(99(79)97)108(120)129)104(125)118(103(75)124)69-56-65(114-85-35-19-13-29-71(85)72-30-14-20-36-86(72)114)55-66(57-69)115-87-37-21-15-31-73(87)74-32-16-22-38-88(74)115)111(3,4)64-42-52-94(133-96(123)6-2)92(54-64)121-109(130)81-49-45-77-98-78(46-50-82(100(81)98)110(121)131)106(127)119(105(77)126)70-59-67(116-89-39-23-17-33-83(89)112-101(116)61-25-9-7-10-26-61)58-68(60-70)117-90-40-24-18-34-84(90)113-102(117)62-27-11-8-12-28-62/h5-60H,1-2H2,3-4H3. The van der Waals surface area contributed by atoms with Gasteiger partial charge in [0.1, 0.15) is 11.6 Å². The average molecular weight is 1730 g/mol. The summed E-state index contributed by atoms with van der Waals surface area (Å²) in [5.41, 5.74) is 9.70. The maximum Gasteiger partial charge on any atom is 0.335 e. The summed E-state index contributed by atoms with van der Waals surface area (Å²) in [5, 5.41) is 4.24. The molecule has 8 heterocycles. The molecule has 8 amide bonds. The highest BCUT2D eigenvalue weighted by Gasteiger charge is 2.46. The van der Waals surface area contributed by atoms with Gasteiger partial charge in [-0.15, -0.1) is 0 Å². The van der Waals surface area contributed by atoms with Crippen LogP contribution in [0, 0.1) is 0 Å². The summed E-state index contributed by atoms with van der Waals surface area (Å²) in [4.78, 5) is 168. The summed E-state index contributed by atoms with van der Waals surface area (Å²) in [5.74, 6) is -7.75. The van der Waals surface area contributed by atoms with Gasteiger partial charge in [-0.2, -0.15) is 0 Å². The molecule has 4 aliphatic rings. The Hall–Kier alpha value is -18.4. The number of imidazole rings is 2. The number of rotatable bonds is 16. The lowest BCUT2D eigenvalue weighted by atomic mass is 9.77. The Kier molecular flexibility index (Phi) is 17.2. The van der Waals surface area contributed by atoms with Crippen LogP contribution in [0.2, 0.25) is 0 Å². The second kappa shape index (κ2) is 29.3. The van der Waals surface area contributed by atoms with Gasteiger partial charge in [0.15, 0.2) is 11.5 Å². The molecule has 0 saturated carbocycles. The number of fused-ring (bicyclic) bond motifs is 8. The fraction of sp³-hybridized carbons (Fsp3) is 0.0270. The molecule has 22 nitrogen and oxygen atoms in total. The second-order valence-electron chi connectivity index (χ2n) is 33.6. The number of carbonyl (C=O) groups excluding carboxylic acids is 10. The van der Waals surface area contributed by atoms with Crippen LogP contribution in [-0.2, 0) is 15.0 Å². The maximum absolute atomic E-state index is 15.9. The Morgan fingerprint density at radius 3 is 0.835 bits per heavy atom. The van der Waals surface area contributed by atoms with Crippen molar-refractivity contribution in [2.75, 3.05) is 19.6 Å². The molecule has 0 radical (unpaired) electrons. The van der Waals surface area contributed by atoms with E-state index in [-0.39, 0.29) is 100 Å². The molecule has 632 valence electrons. The quantitative estimate of drug-likeness (QED) is 0.0378. The number of imide groups is 4. The number of hydrogen-bond donors (Lipinski definition) is 0. The van der Waals surface area contributed by atoms with E-state index in [4.69, 9.17) is 19.4 Å². The number of nitrogens with zero attached hydrogens (tertiary/aromatic N) is 10. The van der Waals surface area contributed by atoms with E-state index in [1.807, 2.05) is 215 Å². The van der Waals surface area contributed by atoms with Crippen molar-refractivity contribution < 1.29 is 57.4 Å². The monoisotopic (exact) mass is 1730 g/mol. The van der Waals surface area contributed by atoms with Crippen LogP contribution in [0.1, 0.15) is 108 Å². The van der Waals surface area contributed by atoms with Crippen LogP contribution in [0.15, 0.2) is 353 Å². The van der Waals surface area contributed by atoms with E-state index in [1.54, 1.807) is 38.1 Å². The minimum Gasteiger partial charge on any atom is -0.421 e. The molecule has 0 bridgehead atoms. The number of ether oxygens (including phenoxy) is 2. The molecule has 0 unspecified atom stereocenters. The number of carbonyl (C=O) groups is 10. The van der Waals surface area contributed by atoms with Gasteiger partial charge in [0.2, 0.25) is 0 Å². The van der Waals surface area contributed by atoms with Crippen LogP contribution >= 0.6 is 0 Å². The van der Waals surface area contributed by atoms with Crippen molar-refractivity contribution in [3.05, 3.63) is 409 Å². The summed E-state index contributed by atoms with van der Waals surface area (Å²) in [7, 11) is 0. The highest BCUT2D eigenvalue weighted by atomic mass is 16.5. The normalized spacial score (nSPS) is 13.7. The summed E-state index contributed by atoms with van der Waals surface area (Å²) in [6, 6.07) is 98.7. The molecule has 0 atom stereocenters. The van der Waals surface area contributed by atoms with E-state index < -0.39 is 64.6 Å². The van der Waals surface area contributed by atoms with Crippen LogP contribution in [0.3, 0.4) is 0 Å². The Balaban J connectivity index is 0.581. The molecule has 133 heavy (non-hydrogen) atoms. The SMILES string of the molecule is C=CC(=O)Oc1ccc(C(C)(C)c2ccc(OC(=O)C=C)c(N3C(=O)c4ccc5c6c(ccc(c46)C3=O)C(=O)N(c3cc(-n4c6ccccc6c6ccccc64)cc(-n4c6ccccc6c6ccccc64)c3)C5=O)c2)cc1N1C(=O)c2ccc3c4c(ccc(c24)C1=O)C(=O)N(c1cc(-n2c(-c4ccccc4)nc4ccccc42)cc(-n2c(-c4ccccc4)nc4ccccc42)c1)C3=O. The molecule has 0 saturated heterocycles. The van der Waals surface area contributed by atoms with Crippen molar-refractivity contribution in [3.63, 3.8) is 0 Å². The van der Waals surface area contributed by atoms with Crippen LogP contribution in [0.5, 0.6) is 11.5 Å². The first-order valence-corrected chi connectivity index (χ1v) is 42.9. The summed E-state index contributed by atoms with van der Waals surface area (Å²) in [6.07, 6.45) is 1.83. The van der Waals surface area contributed by atoms with Crippen LogP contribution < -0.4 is 29.1 Å². The molecule has 4 aromatic heterocycles. The zero-order chi connectivity index (χ0) is 90.4. The molecule has 20 aromatic rings. The third-order valence-corrected chi connectivity index (χ3v) is 26.1. The van der Waals surface area contributed by atoms with Gasteiger partial charge in [0.05, 0.1) is 89.6 Å². The molecule has 24 rings (SSSR count). The van der Waals surface area contributed by atoms with Gasteiger partial charge in [-0.1, -0.05) is 197 Å². The first-order valence-electron chi connectivity index (χ1n) is 42.9. The smallest absolute Gasteiger partial charge is 0.335 e. The second-order valence-corrected chi connectivity index (χ2v) is 33.6. The number of para-hydroxylation sites is 8. The summed E-state index contributed by atoms with van der Waals surface area (Å²) >= 11 is 0. The van der Waals surface area contributed by atoms with Crippen LogP contribution in [0.25, 0.3) is 133 Å². The molecule has 16 aromatic carbocycles. The van der Waals surface area contributed by atoms with Gasteiger partial charge in [-0.25, -0.2) is 39.2 Å². The highest BCUT2D eigenvalue weighted by Crippen LogP contribution is 2.50. The number of anilines is 4. The fourth-order valence-corrected chi connectivity index (χ4v) is 19.9. The van der Waals surface area contributed by atoms with Gasteiger partial charge >= 0.3 is 11.9 Å². The van der Waals surface area contributed by atoms with Crippen molar-refractivity contribution >= 4 is 169 Å². The predicted octanol–water partition coefficient (Wildman–Crippen LogP) is 21.9. The summed E-state index contributed by atoms with van der Waals surface area (Å²) in [6.45, 7) is 10.8. The van der Waals surface area contributed by atoms with Crippen LogP contribution in [-0.4, -0.2) is 87.4 Å². The molecular weight excluding hydrogens is 1670 g/mol. The third kappa shape index (κ3) is 11.6. The van der Waals surface area contributed by atoms with E-state index in [9.17, 15) is 9.59 Å². The van der Waals surface area contributed by atoms with E-state index in [0.717, 1.165) is 97.5 Å². The minimum atomic E-state index is -1.30. The van der Waals surface area contributed by atoms with E-state index in [2.05, 4.69) is 46.6 Å². The lowest BCUT2D eigenvalue weighted by Gasteiger charge is -2.34. The molecule has 0 aliphatic carbocycles. The minimum absolute atomic E-state index is 0.0140. The number of aromatic nitrogens is 6. The fourth-order valence-electron chi connectivity index (χ4n) is 19.9. The number of amides is 8. The lowest BCUT2D eigenvalue weighted by molar-refractivity contribution is -0.129. The maximum atomic E-state index is 15.9. The highest BCUT2D eigenvalue weighted by molar-refractivity contribution is 6.44. The number of esters is 2. The topological polar surface area (TPSA) is 248 Å². The molecule has 4 aliphatic heterocycles. The summed E-state index contributed by atoms with van der Waals surface area (Å²) < 4.78 is 20.0. The number of benzene rings is 16. The van der Waals surface area contributed by atoms with Crippen molar-refractivity contribution in [1.82, 2.24) is 28.2 Å². The van der Waals surface area contributed by atoms with E-state index in [0.29, 0.717) is 56.6 Å². The zero-order valence-electron chi connectivity index (χ0n) is 70.6. The molecular formula is C111H66N10O12. The Morgan fingerprint density at radius 1 is 0.278 bits per heavy atom. The molecule has 0 fully saturated rings. The number of hydrogen-bond acceptors (Lipinski definition) is 14. The van der Waals surface area contributed by atoms with Crippen molar-refractivity contribution in [2.24, 2.45) is 0 Å². The van der Waals surface area contributed by atoms with E-state index >= 15 is 38.4 Å². The first-order chi connectivity index (χ1) is 64.8. The van der Waals surface area contributed by atoms with Gasteiger partial charge in [0, 0.05) is 116 Å². The van der Waals surface area contributed by atoms with Crippen molar-refractivity contribution in [1.29, 1.82) is 0 Å². The van der Waals surface area contributed by atoms with E-state index in [1.165, 1.54) is 72.8 Å². The van der Waals surface area contributed by atoms with Crippen LogP contribution in [0.4, 0.5) is 22.7 Å². The Bertz CT molecular complexity index is 8300. The van der Waals surface area contributed by atoms with Gasteiger partial charge in [0.25, 0.3) is 47.3 Å². The van der Waals surface area contributed by atoms with Crippen molar-refractivity contribution in [3.8, 4) is 57.0 Å². The van der Waals surface area contributed by atoms with Gasteiger partial charge in [-0.05, 0) is 169 Å². The van der Waals surface area contributed by atoms with Crippen molar-refractivity contribution in [2.45, 2.75) is 19.3 Å². The zero-order valence-corrected chi connectivity index (χ0v) is 70.6.